The van der Waals surface area contributed by atoms with Gasteiger partial charge in [-0.2, -0.15) is 0 Å². The first-order valence-electron chi connectivity index (χ1n) is 26.4. The van der Waals surface area contributed by atoms with Crippen molar-refractivity contribution in [2.75, 3.05) is 69.1 Å². The van der Waals surface area contributed by atoms with Crippen LogP contribution in [-0.4, -0.2) is 119 Å². The lowest BCUT2D eigenvalue weighted by Gasteiger charge is -2.45. The van der Waals surface area contributed by atoms with Crippen molar-refractivity contribution in [1.82, 2.24) is 25.0 Å². The van der Waals surface area contributed by atoms with Gasteiger partial charge in [-0.15, -0.1) is 11.3 Å². The Morgan fingerprint density at radius 1 is 0.750 bits per heavy atom. The number of hydrogen-bond acceptors (Lipinski definition) is 10. The summed E-state index contributed by atoms with van der Waals surface area (Å²) in [5, 5.41) is 17.4. The number of thiazole rings is 1. The molecular formula is C57H66ClN7O6S. The summed E-state index contributed by atoms with van der Waals surface area (Å²) in [6.07, 6.45) is 9.06. The molecule has 0 saturated carbocycles. The van der Waals surface area contributed by atoms with Crippen LogP contribution in [0.4, 0.5) is 11.4 Å². The monoisotopic (exact) mass is 1010 g/mol. The Balaban J connectivity index is 0.691. The molecule has 5 fully saturated rings. The van der Waals surface area contributed by atoms with Gasteiger partial charge in [0.1, 0.15) is 17.0 Å². The summed E-state index contributed by atoms with van der Waals surface area (Å²) in [5.41, 5.74) is 4.25. The third kappa shape index (κ3) is 10.3. The fourth-order valence-corrected chi connectivity index (χ4v) is 13.9. The summed E-state index contributed by atoms with van der Waals surface area (Å²) in [5.74, 6) is 1.60. The van der Waals surface area contributed by atoms with Gasteiger partial charge in [0.15, 0.2) is 5.60 Å². The number of aromatic nitrogens is 1. The second-order valence-electron chi connectivity index (χ2n) is 21.3. The Morgan fingerprint density at radius 2 is 1.44 bits per heavy atom. The van der Waals surface area contributed by atoms with Crippen LogP contribution in [0.5, 0.6) is 5.75 Å². The van der Waals surface area contributed by atoms with Crippen molar-refractivity contribution >= 4 is 68.2 Å². The quantitative estimate of drug-likeness (QED) is 0.118. The lowest BCUT2D eigenvalue weighted by Crippen LogP contribution is -2.60. The van der Waals surface area contributed by atoms with Crippen LogP contribution in [0.15, 0.2) is 91.0 Å². The van der Waals surface area contributed by atoms with Gasteiger partial charge in [0.25, 0.3) is 5.91 Å². The molecule has 5 aromatic rings. The topological polar surface area (TPSA) is 148 Å². The molecule has 2 unspecified atom stereocenters. The molecule has 4 amide bonds. The maximum absolute atomic E-state index is 15.2. The predicted octanol–water partition coefficient (Wildman–Crippen LogP) is 9.05. The number of piperidine rings is 5. The number of fused-ring (bicyclic) bond motifs is 2. The largest absolute Gasteiger partial charge is 0.477 e. The molecule has 0 aliphatic carbocycles. The number of carbonyl (C=O) groups is 4. The van der Waals surface area contributed by atoms with Gasteiger partial charge in [-0.1, -0.05) is 60.1 Å². The summed E-state index contributed by atoms with van der Waals surface area (Å²) >= 11 is 8.11. The number of amides is 4. The summed E-state index contributed by atoms with van der Waals surface area (Å²) in [6, 6.07) is 29.6. The summed E-state index contributed by atoms with van der Waals surface area (Å²) in [7, 11) is 0. The van der Waals surface area contributed by atoms with Gasteiger partial charge in [-0.25, -0.2) is 4.98 Å². The van der Waals surface area contributed by atoms with Crippen LogP contribution in [0, 0.1) is 17.8 Å². The Morgan fingerprint density at radius 3 is 2.18 bits per heavy atom. The number of likely N-dealkylation sites (tertiary alicyclic amines) is 3. The zero-order valence-electron chi connectivity index (χ0n) is 41.0. The van der Waals surface area contributed by atoms with Gasteiger partial charge in [0.2, 0.25) is 17.7 Å². The van der Waals surface area contributed by atoms with Gasteiger partial charge >= 0.3 is 0 Å². The van der Waals surface area contributed by atoms with E-state index >= 15 is 4.79 Å². The van der Waals surface area contributed by atoms with Crippen molar-refractivity contribution in [1.29, 1.82) is 0 Å². The lowest BCUT2D eigenvalue weighted by atomic mass is 9.81. The molecule has 11 rings (SSSR count). The standard InChI is InChI=1S/C57H66ClN7O6S/c58-46-8-5-10-48-52(46)72-54(60-48)44-7-2-4-11-49(44)71-57(24-32-64(33-25-57)55(69)45-35-51(67)59-47-9-3-1-6-43(45)47)56(70)65-30-20-38(21-31-65)34-37-18-26-62(27-19-37)36-39-22-28-63(29-23-39)41-14-12-40(13-15-41)42-16-17-50(66)61-53(42)68/h1-15,37-39,42,45,53,68H,16-36H2,(H,59,67)(H,61,66)/t42?,45-,53?/m0/s1. The summed E-state index contributed by atoms with van der Waals surface area (Å²) in [4.78, 5) is 67.8. The van der Waals surface area contributed by atoms with Crippen LogP contribution in [0.3, 0.4) is 0 Å². The molecule has 0 radical (unpaired) electrons. The molecule has 4 aromatic carbocycles. The molecule has 378 valence electrons. The first-order chi connectivity index (χ1) is 35.1. The summed E-state index contributed by atoms with van der Waals surface area (Å²) in [6.45, 7) is 7.65. The third-order valence-electron chi connectivity index (χ3n) is 16.8. The normalized spacial score (nSPS) is 23.6. The molecule has 6 aliphatic rings. The number of aliphatic hydroxyl groups excluding tert-OH is 1. The lowest BCUT2D eigenvalue weighted by molar-refractivity contribution is -0.157. The molecule has 7 heterocycles. The second-order valence-corrected chi connectivity index (χ2v) is 22.7. The van der Waals surface area contributed by atoms with E-state index in [-0.39, 0.29) is 36.0 Å². The molecule has 6 aliphatic heterocycles. The maximum atomic E-state index is 15.2. The maximum Gasteiger partial charge on any atom is 0.266 e. The SMILES string of the molecule is O=C1C[C@H](C(=O)N2CCC(Oc3ccccc3-c3nc4cccc(Cl)c4s3)(C(=O)N3CCC(CC4CCN(CC5CCN(c6ccc(C7CCC(=O)NC7O)cc6)CC5)CC4)CC3)CC2)c2ccccc2N1. The Hall–Kier alpha value is -5.54. The molecule has 15 heteroatoms. The van der Waals surface area contributed by atoms with Gasteiger partial charge in [0, 0.05) is 88.8 Å². The average Bonchev–Trinajstić information content (AvgIpc) is 3.85. The number of hydrogen-bond donors (Lipinski definition) is 3. The van der Waals surface area contributed by atoms with Gasteiger partial charge in [0.05, 0.1) is 26.7 Å². The van der Waals surface area contributed by atoms with E-state index in [0.717, 1.165) is 70.9 Å². The zero-order chi connectivity index (χ0) is 49.3. The summed E-state index contributed by atoms with van der Waals surface area (Å²) < 4.78 is 8.00. The third-order valence-corrected chi connectivity index (χ3v) is 18.4. The number of rotatable bonds is 11. The van der Waals surface area contributed by atoms with Crippen LogP contribution in [0.2, 0.25) is 5.02 Å². The van der Waals surface area contributed by atoms with Crippen LogP contribution in [0.25, 0.3) is 20.8 Å². The van der Waals surface area contributed by atoms with Crippen LogP contribution in [0.1, 0.15) is 100 Å². The van der Waals surface area contributed by atoms with E-state index in [4.69, 9.17) is 21.3 Å². The molecule has 3 atom stereocenters. The second kappa shape index (κ2) is 21.1. The molecule has 72 heavy (non-hydrogen) atoms. The van der Waals surface area contributed by atoms with E-state index in [1.165, 1.54) is 55.7 Å². The van der Waals surface area contributed by atoms with E-state index in [1.807, 2.05) is 76.5 Å². The van der Waals surface area contributed by atoms with Crippen molar-refractivity contribution in [3.63, 3.8) is 0 Å². The highest BCUT2D eigenvalue weighted by Crippen LogP contribution is 2.43. The van der Waals surface area contributed by atoms with Crippen molar-refractivity contribution in [3.8, 4) is 16.3 Å². The molecule has 0 spiro atoms. The highest BCUT2D eigenvalue weighted by molar-refractivity contribution is 7.22. The highest BCUT2D eigenvalue weighted by atomic mass is 35.5. The first kappa shape index (κ1) is 48.7. The van der Waals surface area contributed by atoms with E-state index in [1.54, 1.807) is 0 Å². The predicted molar refractivity (Wildman–Crippen MR) is 282 cm³/mol. The fourth-order valence-electron chi connectivity index (χ4n) is 12.6. The number of halogens is 1. The van der Waals surface area contributed by atoms with Gasteiger partial charge < -0.3 is 40.1 Å². The fraction of sp³-hybridized carbons (Fsp3) is 0.491. The zero-order valence-corrected chi connectivity index (χ0v) is 42.6. The molecule has 13 nitrogen and oxygen atoms in total. The van der Waals surface area contributed by atoms with Crippen LogP contribution >= 0.6 is 22.9 Å². The van der Waals surface area contributed by atoms with E-state index in [0.29, 0.717) is 86.1 Å². The number of ether oxygens (including phenoxy) is 1. The molecule has 3 N–H and O–H groups in total. The number of nitrogens with one attached hydrogen (secondary N) is 2. The van der Waals surface area contributed by atoms with E-state index < -0.39 is 17.7 Å². The van der Waals surface area contributed by atoms with Crippen molar-refractivity contribution in [2.45, 2.75) is 101 Å². The Bertz CT molecular complexity index is 2770. The number of nitrogens with zero attached hydrogens (tertiary/aromatic N) is 5. The van der Waals surface area contributed by atoms with E-state index in [9.17, 15) is 19.5 Å². The Labute approximate surface area is 431 Å². The first-order valence-corrected chi connectivity index (χ1v) is 27.6. The molecule has 0 bridgehead atoms. The van der Waals surface area contributed by atoms with Gasteiger partial charge in [-0.05, 0) is 136 Å². The minimum atomic E-state index is -1.19. The van der Waals surface area contributed by atoms with Crippen LogP contribution in [-0.2, 0) is 19.2 Å². The minimum absolute atomic E-state index is 0.0116. The number of anilines is 2. The molecule has 5 saturated heterocycles. The van der Waals surface area contributed by atoms with Crippen molar-refractivity contribution in [3.05, 3.63) is 107 Å². The molecule has 1 aromatic heterocycles. The van der Waals surface area contributed by atoms with Crippen LogP contribution < -0.4 is 20.3 Å². The van der Waals surface area contributed by atoms with Gasteiger partial charge in [-0.3, -0.25) is 19.2 Å². The number of para-hydroxylation sites is 2. The Kier molecular flexibility index (Phi) is 14.3. The van der Waals surface area contributed by atoms with E-state index in [2.05, 4.69) is 44.7 Å². The molecular weight excluding hydrogens is 946 g/mol. The number of aliphatic hydroxyl groups is 1. The average molecular weight is 1010 g/mol. The minimum Gasteiger partial charge on any atom is -0.477 e. The van der Waals surface area contributed by atoms with Crippen molar-refractivity contribution in [2.24, 2.45) is 17.8 Å². The number of carbonyl (C=O) groups excluding carboxylic acids is 4. The smallest absolute Gasteiger partial charge is 0.266 e. The number of benzene rings is 4. The highest BCUT2D eigenvalue weighted by Gasteiger charge is 2.49. The van der Waals surface area contributed by atoms with Crippen molar-refractivity contribution < 1.29 is 29.0 Å².